The van der Waals surface area contributed by atoms with E-state index >= 15 is 0 Å². The number of nitrogens with one attached hydrogen (secondary N) is 2. The van der Waals surface area contributed by atoms with Crippen LogP contribution in [0, 0.1) is 12.3 Å². The van der Waals surface area contributed by atoms with E-state index in [1.165, 1.54) is 0 Å². The molecule has 0 aromatic carbocycles. The number of nitrogens with zero attached hydrogens (tertiary/aromatic N) is 3. The highest BCUT2D eigenvalue weighted by Crippen LogP contribution is 2.20. The lowest BCUT2D eigenvalue weighted by Crippen LogP contribution is -2.06. The zero-order chi connectivity index (χ0) is 12.1. The van der Waals surface area contributed by atoms with Crippen LogP contribution in [-0.2, 0) is 0 Å². The standard InChI is InChI=1S/C11H13N5O/c1-3-5-12-11-15-9-8(13-7-14-9)10(16-11)17-6-4-2/h2,7H,3,5-6H2,1H3,(H2,12,13,14,15,16). The Hall–Kier alpha value is -2.29. The third kappa shape index (κ3) is 2.45. The van der Waals surface area contributed by atoms with Crippen molar-refractivity contribution in [2.24, 2.45) is 0 Å². The van der Waals surface area contributed by atoms with Gasteiger partial charge in [-0.2, -0.15) is 9.97 Å². The molecule has 0 aliphatic rings. The summed E-state index contributed by atoms with van der Waals surface area (Å²) < 4.78 is 5.35. The number of fused-ring (bicyclic) bond motifs is 1. The fraction of sp³-hybridized carbons (Fsp3) is 0.364. The SMILES string of the molecule is C#CCOc1nc(NCCC)nc2nc[nH]c12. The Labute approximate surface area is 98.8 Å². The second kappa shape index (κ2) is 5.16. The summed E-state index contributed by atoms with van der Waals surface area (Å²) in [5, 5.41) is 3.09. The van der Waals surface area contributed by atoms with Gasteiger partial charge < -0.3 is 15.0 Å². The van der Waals surface area contributed by atoms with Gasteiger partial charge in [0, 0.05) is 6.54 Å². The Morgan fingerprint density at radius 3 is 3.18 bits per heavy atom. The number of anilines is 1. The molecule has 2 rings (SSSR count). The average molecular weight is 231 g/mol. The summed E-state index contributed by atoms with van der Waals surface area (Å²) in [5.74, 6) is 3.32. The topological polar surface area (TPSA) is 75.7 Å². The normalized spacial score (nSPS) is 10.1. The molecule has 2 heterocycles. The van der Waals surface area contributed by atoms with Crippen molar-refractivity contribution in [3.63, 3.8) is 0 Å². The van der Waals surface area contributed by atoms with E-state index in [1.54, 1.807) is 6.33 Å². The lowest BCUT2D eigenvalue weighted by atomic mass is 10.5. The monoisotopic (exact) mass is 231 g/mol. The largest absolute Gasteiger partial charge is 0.463 e. The van der Waals surface area contributed by atoms with Crippen LogP contribution in [0.15, 0.2) is 6.33 Å². The number of aromatic amines is 1. The second-order valence-corrected chi connectivity index (χ2v) is 3.37. The molecule has 0 saturated heterocycles. The summed E-state index contributed by atoms with van der Waals surface area (Å²) in [6.45, 7) is 3.03. The molecule has 2 aromatic rings. The van der Waals surface area contributed by atoms with Crippen molar-refractivity contribution in [3.05, 3.63) is 6.33 Å². The average Bonchev–Trinajstić information content (AvgIpc) is 2.81. The van der Waals surface area contributed by atoms with Crippen molar-refractivity contribution in [1.29, 1.82) is 0 Å². The summed E-state index contributed by atoms with van der Waals surface area (Å²) in [4.78, 5) is 15.5. The van der Waals surface area contributed by atoms with Gasteiger partial charge in [0.25, 0.3) is 0 Å². The van der Waals surface area contributed by atoms with E-state index < -0.39 is 0 Å². The molecule has 0 fully saturated rings. The zero-order valence-corrected chi connectivity index (χ0v) is 9.53. The Morgan fingerprint density at radius 2 is 2.41 bits per heavy atom. The molecule has 0 atom stereocenters. The first-order valence-corrected chi connectivity index (χ1v) is 5.36. The molecule has 2 N–H and O–H groups in total. The van der Waals surface area contributed by atoms with Crippen LogP contribution in [-0.4, -0.2) is 33.1 Å². The number of imidazole rings is 1. The van der Waals surface area contributed by atoms with E-state index in [2.05, 4.69) is 38.1 Å². The molecule has 0 saturated carbocycles. The smallest absolute Gasteiger partial charge is 0.246 e. The number of hydrogen-bond donors (Lipinski definition) is 2. The molecule has 88 valence electrons. The van der Waals surface area contributed by atoms with Gasteiger partial charge in [0.1, 0.15) is 5.52 Å². The summed E-state index contributed by atoms with van der Waals surface area (Å²) in [5.41, 5.74) is 1.22. The van der Waals surface area contributed by atoms with Crippen molar-refractivity contribution in [2.45, 2.75) is 13.3 Å². The van der Waals surface area contributed by atoms with Crippen LogP contribution in [0.1, 0.15) is 13.3 Å². The van der Waals surface area contributed by atoms with Crippen molar-refractivity contribution < 1.29 is 4.74 Å². The quantitative estimate of drug-likeness (QED) is 0.756. The molecular formula is C11H13N5O. The number of H-pyrrole nitrogens is 1. The van der Waals surface area contributed by atoms with Gasteiger partial charge in [-0.15, -0.1) is 6.42 Å². The minimum absolute atomic E-state index is 0.165. The highest BCUT2D eigenvalue weighted by Gasteiger charge is 2.10. The fourth-order valence-electron chi connectivity index (χ4n) is 1.34. The third-order valence-corrected chi connectivity index (χ3v) is 2.08. The minimum atomic E-state index is 0.165. The second-order valence-electron chi connectivity index (χ2n) is 3.37. The zero-order valence-electron chi connectivity index (χ0n) is 9.53. The van der Waals surface area contributed by atoms with Crippen molar-refractivity contribution >= 4 is 17.1 Å². The van der Waals surface area contributed by atoms with Crippen LogP contribution in [0.4, 0.5) is 5.95 Å². The Kier molecular flexibility index (Phi) is 3.40. The van der Waals surface area contributed by atoms with E-state index in [-0.39, 0.29) is 6.61 Å². The van der Waals surface area contributed by atoms with Crippen LogP contribution in [0.3, 0.4) is 0 Å². The first kappa shape index (κ1) is 11.2. The third-order valence-electron chi connectivity index (χ3n) is 2.08. The van der Waals surface area contributed by atoms with Crippen LogP contribution in [0.5, 0.6) is 5.88 Å². The van der Waals surface area contributed by atoms with Gasteiger partial charge in [-0.3, -0.25) is 0 Å². The number of ether oxygens (including phenoxy) is 1. The van der Waals surface area contributed by atoms with Gasteiger partial charge in [-0.05, 0) is 6.42 Å². The van der Waals surface area contributed by atoms with E-state index in [1.807, 2.05) is 0 Å². The summed E-state index contributed by atoms with van der Waals surface area (Å²) in [7, 11) is 0. The maximum Gasteiger partial charge on any atom is 0.246 e. The molecule has 0 aliphatic carbocycles. The van der Waals surface area contributed by atoms with E-state index in [0.29, 0.717) is 23.0 Å². The molecule has 0 aliphatic heterocycles. The maximum absolute atomic E-state index is 5.35. The molecule has 0 unspecified atom stereocenters. The molecule has 6 nitrogen and oxygen atoms in total. The minimum Gasteiger partial charge on any atom is -0.463 e. The molecular weight excluding hydrogens is 218 g/mol. The number of aromatic nitrogens is 4. The van der Waals surface area contributed by atoms with Gasteiger partial charge in [0.15, 0.2) is 12.3 Å². The van der Waals surface area contributed by atoms with Gasteiger partial charge in [-0.1, -0.05) is 12.8 Å². The van der Waals surface area contributed by atoms with Crippen molar-refractivity contribution in [3.8, 4) is 18.2 Å². The van der Waals surface area contributed by atoms with Gasteiger partial charge in [0.2, 0.25) is 11.8 Å². The molecule has 0 radical (unpaired) electrons. The van der Waals surface area contributed by atoms with Crippen LogP contribution in [0.2, 0.25) is 0 Å². The molecule has 0 spiro atoms. The maximum atomic E-state index is 5.35. The van der Waals surface area contributed by atoms with E-state index in [9.17, 15) is 0 Å². The lowest BCUT2D eigenvalue weighted by molar-refractivity contribution is 0.359. The Balaban J connectivity index is 2.33. The fourth-order valence-corrected chi connectivity index (χ4v) is 1.34. The highest BCUT2D eigenvalue weighted by atomic mass is 16.5. The highest BCUT2D eigenvalue weighted by molar-refractivity contribution is 5.76. The van der Waals surface area contributed by atoms with Crippen molar-refractivity contribution in [1.82, 2.24) is 19.9 Å². The summed E-state index contributed by atoms with van der Waals surface area (Å²) in [6, 6.07) is 0. The number of terminal acetylenes is 1. The first-order chi connectivity index (χ1) is 8.35. The van der Waals surface area contributed by atoms with Gasteiger partial charge >= 0.3 is 0 Å². The molecule has 17 heavy (non-hydrogen) atoms. The predicted molar refractivity (Wildman–Crippen MR) is 64.8 cm³/mol. The number of hydrogen-bond acceptors (Lipinski definition) is 5. The lowest BCUT2D eigenvalue weighted by Gasteiger charge is -2.06. The van der Waals surface area contributed by atoms with Crippen LogP contribution in [0.25, 0.3) is 11.2 Å². The van der Waals surface area contributed by atoms with Crippen LogP contribution < -0.4 is 10.1 Å². The summed E-state index contributed by atoms with van der Waals surface area (Å²) in [6.07, 6.45) is 7.69. The summed E-state index contributed by atoms with van der Waals surface area (Å²) >= 11 is 0. The molecule has 6 heteroatoms. The van der Waals surface area contributed by atoms with Crippen molar-refractivity contribution in [2.75, 3.05) is 18.5 Å². The van der Waals surface area contributed by atoms with Gasteiger partial charge in [0.05, 0.1) is 6.33 Å². The predicted octanol–water partition coefficient (Wildman–Crippen LogP) is 1.19. The number of rotatable bonds is 5. The van der Waals surface area contributed by atoms with E-state index in [4.69, 9.17) is 11.2 Å². The molecule has 2 aromatic heterocycles. The first-order valence-electron chi connectivity index (χ1n) is 5.36. The molecule has 0 bridgehead atoms. The molecule has 0 amide bonds. The van der Waals surface area contributed by atoms with Gasteiger partial charge in [-0.25, -0.2) is 4.98 Å². The van der Waals surface area contributed by atoms with Crippen LogP contribution >= 0.6 is 0 Å². The Morgan fingerprint density at radius 1 is 1.53 bits per heavy atom. The Bertz CT molecular complexity index is 542. The van der Waals surface area contributed by atoms with E-state index in [0.717, 1.165) is 13.0 Å².